The maximum absolute atomic E-state index is 4.80. The van der Waals surface area contributed by atoms with Gasteiger partial charge < -0.3 is 20.4 Å². The first kappa shape index (κ1) is 25.3. The second kappa shape index (κ2) is 15.0. The molecule has 0 radical (unpaired) electrons. The Morgan fingerprint density at radius 3 is 2.45 bits per heavy atom. The molecule has 8 nitrogen and oxygen atoms in total. The molecule has 176 valence electrons. The minimum Gasteiger partial charge on any atom is -0.357 e. The van der Waals surface area contributed by atoms with Crippen LogP contribution in [-0.4, -0.2) is 97.2 Å². The van der Waals surface area contributed by atoms with Gasteiger partial charge in [0.2, 0.25) is 5.95 Å². The van der Waals surface area contributed by atoms with Crippen LogP contribution in [0.1, 0.15) is 47.0 Å². The van der Waals surface area contributed by atoms with Crippen LogP contribution in [-0.2, 0) is 0 Å². The summed E-state index contributed by atoms with van der Waals surface area (Å²) in [7, 11) is 0. The number of rotatable bonds is 13. The summed E-state index contributed by atoms with van der Waals surface area (Å²) in [5.41, 5.74) is 0. The topological polar surface area (TPSA) is 71.9 Å². The summed E-state index contributed by atoms with van der Waals surface area (Å²) < 4.78 is 0. The average molecular weight is 433 g/mol. The quantitative estimate of drug-likeness (QED) is 0.281. The van der Waals surface area contributed by atoms with Crippen molar-refractivity contribution >= 4 is 11.9 Å². The number of aliphatic imine (C=N–C) groups is 1. The Hall–Kier alpha value is -1.93. The van der Waals surface area contributed by atoms with Crippen LogP contribution in [0.2, 0.25) is 0 Å². The first-order chi connectivity index (χ1) is 15.2. The molecule has 0 aliphatic carbocycles. The molecule has 1 aliphatic rings. The third-order valence-electron chi connectivity index (χ3n) is 5.84. The van der Waals surface area contributed by atoms with Crippen molar-refractivity contribution in [3.63, 3.8) is 0 Å². The third-order valence-corrected chi connectivity index (χ3v) is 5.84. The second-order valence-electron chi connectivity index (χ2n) is 8.21. The van der Waals surface area contributed by atoms with Gasteiger partial charge in [0.25, 0.3) is 0 Å². The zero-order chi connectivity index (χ0) is 22.3. The Balaban J connectivity index is 1.64. The van der Waals surface area contributed by atoms with Gasteiger partial charge >= 0.3 is 0 Å². The normalized spacial score (nSPS) is 16.5. The summed E-state index contributed by atoms with van der Waals surface area (Å²) in [5.74, 6) is 1.79. The highest BCUT2D eigenvalue weighted by atomic mass is 15.3. The van der Waals surface area contributed by atoms with Crippen LogP contribution in [0, 0.1) is 0 Å². The summed E-state index contributed by atoms with van der Waals surface area (Å²) in [4.78, 5) is 20.8. The highest BCUT2D eigenvalue weighted by molar-refractivity contribution is 5.80. The Morgan fingerprint density at radius 1 is 1.10 bits per heavy atom. The lowest BCUT2D eigenvalue weighted by Crippen LogP contribution is -2.47. The summed E-state index contributed by atoms with van der Waals surface area (Å²) in [6, 6.07) is 2.30. The molecule has 1 atom stereocenters. The van der Waals surface area contributed by atoms with Gasteiger partial charge in [0.05, 0.1) is 0 Å². The molecule has 1 unspecified atom stereocenters. The molecule has 0 amide bonds. The molecule has 0 aromatic carbocycles. The molecule has 31 heavy (non-hydrogen) atoms. The second-order valence-corrected chi connectivity index (χ2v) is 8.21. The van der Waals surface area contributed by atoms with Crippen molar-refractivity contribution in [3.05, 3.63) is 18.5 Å². The maximum Gasteiger partial charge on any atom is 0.225 e. The smallest absolute Gasteiger partial charge is 0.225 e. The molecule has 2 heterocycles. The zero-order valence-electron chi connectivity index (χ0n) is 20.2. The molecule has 8 heteroatoms. The van der Waals surface area contributed by atoms with Gasteiger partial charge in [-0.3, -0.25) is 9.89 Å². The van der Waals surface area contributed by atoms with Crippen molar-refractivity contribution < 1.29 is 0 Å². The van der Waals surface area contributed by atoms with Crippen molar-refractivity contribution in [2.45, 2.75) is 53.0 Å². The Bertz CT molecular complexity index is 597. The fourth-order valence-electron chi connectivity index (χ4n) is 3.90. The van der Waals surface area contributed by atoms with E-state index in [-0.39, 0.29) is 0 Å². The van der Waals surface area contributed by atoms with Crippen molar-refractivity contribution in [1.29, 1.82) is 0 Å². The molecule has 1 aromatic rings. The van der Waals surface area contributed by atoms with Gasteiger partial charge in [0, 0.05) is 64.2 Å². The van der Waals surface area contributed by atoms with Crippen molar-refractivity contribution in [2.24, 2.45) is 4.99 Å². The van der Waals surface area contributed by atoms with Gasteiger partial charge in [0.1, 0.15) is 0 Å². The Labute approximate surface area is 189 Å². The van der Waals surface area contributed by atoms with E-state index in [9.17, 15) is 0 Å². The van der Waals surface area contributed by atoms with E-state index >= 15 is 0 Å². The zero-order valence-corrected chi connectivity index (χ0v) is 20.2. The molecule has 1 aliphatic heterocycles. The van der Waals surface area contributed by atoms with Crippen molar-refractivity contribution in [1.82, 2.24) is 30.4 Å². The van der Waals surface area contributed by atoms with Crippen LogP contribution in [0.3, 0.4) is 0 Å². The van der Waals surface area contributed by atoms with Crippen LogP contribution in [0.4, 0.5) is 5.95 Å². The van der Waals surface area contributed by atoms with Crippen LogP contribution < -0.4 is 15.5 Å². The van der Waals surface area contributed by atoms with Gasteiger partial charge in [-0.15, -0.1) is 0 Å². The Morgan fingerprint density at radius 2 is 1.81 bits per heavy atom. The fourth-order valence-corrected chi connectivity index (χ4v) is 3.90. The van der Waals surface area contributed by atoms with Crippen LogP contribution >= 0.6 is 0 Å². The average Bonchev–Trinajstić information content (AvgIpc) is 2.80. The standard InChI is InChI=1S/C23H44N8/c1-5-24-22(28-21(4)11-8-15-29(6-2)7-3)25-14-10-16-30-17-19-31(20-18-30)23-26-12-9-13-27-23/h9,12-13,21H,5-8,10-11,14-20H2,1-4H3,(H2,24,25,28). The molecule has 2 rings (SSSR count). The maximum atomic E-state index is 4.80. The van der Waals surface area contributed by atoms with E-state index in [0.717, 1.165) is 83.7 Å². The number of hydrogen-bond donors (Lipinski definition) is 2. The molecular formula is C23H44N8. The number of hydrogen-bond acceptors (Lipinski definition) is 6. The van der Waals surface area contributed by atoms with E-state index < -0.39 is 0 Å². The molecular weight excluding hydrogens is 388 g/mol. The summed E-state index contributed by atoms with van der Waals surface area (Å²) in [6.45, 7) is 19.2. The van der Waals surface area contributed by atoms with Gasteiger partial charge in [-0.25, -0.2) is 9.97 Å². The minimum atomic E-state index is 0.432. The van der Waals surface area contributed by atoms with Crippen LogP contribution in [0.5, 0.6) is 0 Å². The fraction of sp³-hybridized carbons (Fsp3) is 0.783. The highest BCUT2D eigenvalue weighted by Gasteiger charge is 2.18. The number of guanidine groups is 1. The van der Waals surface area contributed by atoms with Crippen LogP contribution in [0.25, 0.3) is 0 Å². The number of piperazine rings is 1. The van der Waals surface area contributed by atoms with E-state index in [1.165, 1.54) is 13.0 Å². The minimum absolute atomic E-state index is 0.432. The van der Waals surface area contributed by atoms with Gasteiger partial charge in [0.15, 0.2) is 5.96 Å². The van der Waals surface area contributed by atoms with Crippen molar-refractivity contribution in [2.75, 3.05) is 70.3 Å². The summed E-state index contributed by atoms with van der Waals surface area (Å²) in [6.07, 6.45) is 7.09. The summed E-state index contributed by atoms with van der Waals surface area (Å²) in [5, 5.41) is 6.97. The van der Waals surface area contributed by atoms with Gasteiger partial charge in [-0.1, -0.05) is 13.8 Å². The lowest BCUT2D eigenvalue weighted by Gasteiger charge is -2.34. The molecule has 1 aromatic heterocycles. The third kappa shape index (κ3) is 9.82. The molecule has 2 N–H and O–H groups in total. The molecule has 0 spiro atoms. The SMILES string of the molecule is CCNC(=NCCCN1CCN(c2ncccn2)CC1)NC(C)CCCN(CC)CC. The predicted molar refractivity (Wildman–Crippen MR) is 131 cm³/mol. The van der Waals surface area contributed by atoms with E-state index in [2.05, 4.69) is 63.0 Å². The van der Waals surface area contributed by atoms with Crippen LogP contribution in [0.15, 0.2) is 23.5 Å². The largest absolute Gasteiger partial charge is 0.357 e. The first-order valence-electron chi connectivity index (χ1n) is 12.2. The first-order valence-corrected chi connectivity index (χ1v) is 12.2. The van der Waals surface area contributed by atoms with Gasteiger partial charge in [-0.2, -0.15) is 0 Å². The lowest BCUT2D eigenvalue weighted by atomic mass is 10.2. The molecule has 0 saturated carbocycles. The van der Waals surface area contributed by atoms with Gasteiger partial charge in [-0.05, 0) is 58.8 Å². The van der Waals surface area contributed by atoms with E-state index in [0.29, 0.717) is 6.04 Å². The number of aromatic nitrogens is 2. The highest BCUT2D eigenvalue weighted by Crippen LogP contribution is 2.09. The summed E-state index contributed by atoms with van der Waals surface area (Å²) >= 11 is 0. The predicted octanol–water partition coefficient (Wildman–Crippen LogP) is 2.05. The lowest BCUT2D eigenvalue weighted by molar-refractivity contribution is 0.255. The molecule has 1 fully saturated rings. The van der Waals surface area contributed by atoms with Crippen molar-refractivity contribution in [3.8, 4) is 0 Å². The monoisotopic (exact) mass is 432 g/mol. The Kier molecular flexibility index (Phi) is 12.2. The van der Waals surface area contributed by atoms with E-state index in [1.54, 1.807) is 0 Å². The number of nitrogens with zero attached hydrogens (tertiary/aromatic N) is 6. The number of nitrogens with one attached hydrogen (secondary N) is 2. The van der Waals surface area contributed by atoms with E-state index in [1.807, 2.05) is 18.5 Å². The molecule has 0 bridgehead atoms. The molecule has 1 saturated heterocycles. The number of anilines is 1. The van der Waals surface area contributed by atoms with E-state index in [4.69, 9.17) is 4.99 Å².